The summed E-state index contributed by atoms with van der Waals surface area (Å²) < 4.78 is 1.40. The van der Waals surface area contributed by atoms with E-state index in [-0.39, 0.29) is 23.6 Å². The number of hydrogen-bond acceptors (Lipinski definition) is 5. The molecule has 166 valence electrons. The van der Waals surface area contributed by atoms with Crippen LogP contribution < -0.4 is 10.6 Å². The number of phenols is 1. The Balaban J connectivity index is 1.40. The number of carbonyl (C=O) groups excluding carboxylic acids is 2. The van der Waals surface area contributed by atoms with Crippen LogP contribution in [0, 0.1) is 0 Å². The van der Waals surface area contributed by atoms with E-state index < -0.39 is 0 Å². The molecular weight excluding hydrogens is 436 g/mol. The molecule has 0 atom stereocenters. The Bertz CT molecular complexity index is 1290. The molecule has 8 heteroatoms. The molecule has 0 spiro atoms. The summed E-state index contributed by atoms with van der Waals surface area (Å²) in [6, 6.07) is 19.6. The van der Waals surface area contributed by atoms with Gasteiger partial charge in [-0.1, -0.05) is 36.4 Å². The minimum Gasteiger partial charge on any atom is -0.507 e. The molecule has 5 rings (SSSR count). The average molecular weight is 459 g/mol. The van der Waals surface area contributed by atoms with Crippen LogP contribution in [0.2, 0.25) is 0 Å². The van der Waals surface area contributed by atoms with Gasteiger partial charge in [-0.2, -0.15) is 9.78 Å². The van der Waals surface area contributed by atoms with Gasteiger partial charge in [0, 0.05) is 23.7 Å². The number of amides is 2. The van der Waals surface area contributed by atoms with Gasteiger partial charge in [-0.15, -0.1) is 11.3 Å². The first-order valence-electron chi connectivity index (χ1n) is 10.7. The first kappa shape index (κ1) is 21.0. The molecule has 2 aromatic carbocycles. The first-order valence-corrected chi connectivity index (χ1v) is 11.6. The van der Waals surface area contributed by atoms with Crippen LogP contribution in [-0.2, 0) is 6.54 Å². The van der Waals surface area contributed by atoms with Gasteiger partial charge in [0.1, 0.15) is 5.75 Å². The number of benzene rings is 2. The summed E-state index contributed by atoms with van der Waals surface area (Å²) in [4.78, 5) is 25.9. The van der Waals surface area contributed by atoms with Crippen molar-refractivity contribution in [1.29, 1.82) is 0 Å². The van der Waals surface area contributed by atoms with Gasteiger partial charge in [-0.25, -0.2) is 4.79 Å². The minimum absolute atomic E-state index is 0.0285. The highest BCUT2D eigenvalue weighted by atomic mass is 32.1. The van der Waals surface area contributed by atoms with Gasteiger partial charge in [-0.3, -0.25) is 4.79 Å². The second-order valence-electron chi connectivity index (χ2n) is 7.95. The number of thiophene rings is 1. The Morgan fingerprint density at radius 2 is 1.88 bits per heavy atom. The first-order chi connectivity index (χ1) is 16.1. The Kier molecular flexibility index (Phi) is 5.66. The monoisotopic (exact) mass is 458 g/mol. The molecule has 1 aliphatic carbocycles. The molecular formula is C25H22N4O3S. The fraction of sp³-hybridized carbons (Fsp3) is 0.160. The van der Waals surface area contributed by atoms with Gasteiger partial charge in [-0.05, 0) is 54.1 Å². The number of nitrogens with one attached hydrogen (secondary N) is 2. The second kappa shape index (κ2) is 8.91. The molecule has 4 aromatic rings. The lowest BCUT2D eigenvalue weighted by atomic mass is 10.1. The predicted octanol–water partition coefficient (Wildman–Crippen LogP) is 5.20. The van der Waals surface area contributed by atoms with Gasteiger partial charge >= 0.3 is 6.03 Å². The fourth-order valence-corrected chi connectivity index (χ4v) is 4.25. The van der Waals surface area contributed by atoms with Crippen molar-refractivity contribution in [2.45, 2.75) is 25.3 Å². The Morgan fingerprint density at radius 1 is 1.06 bits per heavy atom. The van der Waals surface area contributed by atoms with Crippen molar-refractivity contribution >= 4 is 29.0 Å². The molecule has 33 heavy (non-hydrogen) atoms. The van der Waals surface area contributed by atoms with Crippen LogP contribution in [0.4, 0.5) is 10.5 Å². The van der Waals surface area contributed by atoms with E-state index in [0.717, 1.165) is 24.1 Å². The Hall–Kier alpha value is -3.91. The zero-order valence-corrected chi connectivity index (χ0v) is 18.5. The number of anilines is 1. The van der Waals surface area contributed by atoms with Crippen molar-refractivity contribution in [2.24, 2.45) is 0 Å². The number of rotatable bonds is 6. The number of nitrogens with zero attached hydrogens (tertiary/aromatic N) is 2. The van der Waals surface area contributed by atoms with Crippen LogP contribution in [0.15, 0.2) is 72.1 Å². The van der Waals surface area contributed by atoms with E-state index in [1.54, 1.807) is 18.2 Å². The second-order valence-corrected chi connectivity index (χ2v) is 8.90. The van der Waals surface area contributed by atoms with E-state index in [1.807, 2.05) is 47.8 Å². The van der Waals surface area contributed by atoms with Gasteiger partial charge in [0.05, 0.1) is 16.3 Å². The molecule has 0 aliphatic heterocycles. The number of hydrogen-bond donors (Lipinski definition) is 3. The van der Waals surface area contributed by atoms with E-state index in [2.05, 4.69) is 15.7 Å². The Labute approximate surface area is 194 Å². The molecule has 0 unspecified atom stereocenters. The van der Waals surface area contributed by atoms with Crippen molar-refractivity contribution in [3.05, 3.63) is 88.2 Å². The summed E-state index contributed by atoms with van der Waals surface area (Å²) in [5, 5.41) is 22.6. The van der Waals surface area contributed by atoms with E-state index in [4.69, 9.17) is 0 Å². The summed E-state index contributed by atoms with van der Waals surface area (Å²) in [5.41, 5.74) is 3.30. The zero-order chi connectivity index (χ0) is 22.8. The molecule has 2 heterocycles. The number of phenolic OH excluding ortho intramolecular Hbond substituents is 1. The van der Waals surface area contributed by atoms with Crippen LogP contribution in [0.25, 0.3) is 11.3 Å². The van der Waals surface area contributed by atoms with Crippen LogP contribution in [-0.4, -0.2) is 26.8 Å². The summed E-state index contributed by atoms with van der Waals surface area (Å²) >= 11 is 1.35. The molecule has 0 bridgehead atoms. The highest BCUT2D eigenvalue weighted by Crippen LogP contribution is 2.42. The van der Waals surface area contributed by atoms with Crippen molar-refractivity contribution in [3.63, 3.8) is 0 Å². The third-order valence-electron chi connectivity index (χ3n) is 5.49. The van der Waals surface area contributed by atoms with Gasteiger partial charge in [0.2, 0.25) is 0 Å². The largest absolute Gasteiger partial charge is 0.507 e. The Morgan fingerprint density at radius 3 is 2.61 bits per heavy atom. The third kappa shape index (κ3) is 4.65. The van der Waals surface area contributed by atoms with Crippen LogP contribution in [0.3, 0.4) is 0 Å². The lowest BCUT2D eigenvalue weighted by Gasteiger charge is -2.08. The van der Waals surface area contributed by atoms with Crippen molar-refractivity contribution in [3.8, 4) is 17.0 Å². The smallest absolute Gasteiger partial charge is 0.342 e. The number of carbonyl (C=O) groups is 2. The van der Waals surface area contributed by atoms with Gasteiger partial charge in [0.15, 0.2) is 0 Å². The summed E-state index contributed by atoms with van der Waals surface area (Å²) in [7, 11) is 0. The molecule has 1 saturated carbocycles. The lowest BCUT2D eigenvalue weighted by molar-refractivity contribution is 0.103. The molecule has 1 aliphatic rings. The minimum atomic E-state index is -0.311. The average Bonchev–Trinajstić information content (AvgIpc) is 3.33. The quantitative estimate of drug-likeness (QED) is 0.346. The number of aromatic hydroxyl groups is 1. The summed E-state index contributed by atoms with van der Waals surface area (Å²) in [6.45, 7) is 0.397. The predicted molar refractivity (Wildman–Crippen MR) is 128 cm³/mol. The maximum Gasteiger partial charge on any atom is 0.342 e. The maximum absolute atomic E-state index is 12.9. The van der Waals surface area contributed by atoms with Crippen LogP contribution in [0.5, 0.6) is 5.75 Å². The normalized spacial score (nSPS) is 13.0. The summed E-state index contributed by atoms with van der Waals surface area (Å²) in [5.74, 6) is 0.0875. The van der Waals surface area contributed by atoms with Gasteiger partial charge < -0.3 is 15.7 Å². The highest BCUT2D eigenvalue weighted by Gasteiger charge is 2.30. The van der Waals surface area contributed by atoms with E-state index in [0.29, 0.717) is 28.4 Å². The maximum atomic E-state index is 12.9. The standard InChI is InChI=1S/C25H22N4O3S/c30-22-11-10-18(27-24(31)23-7-4-12-33-23)13-19(22)20-14-21(17-8-9-17)29(28-20)25(32)26-15-16-5-2-1-3-6-16/h1-7,10-14,17,30H,8-9,15H2,(H,26,32)(H,27,31). The molecule has 0 saturated heterocycles. The van der Waals surface area contributed by atoms with Gasteiger partial charge in [0.25, 0.3) is 5.91 Å². The fourth-order valence-electron chi connectivity index (χ4n) is 3.63. The molecule has 0 radical (unpaired) electrons. The van der Waals surface area contributed by atoms with Crippen molar-refractivity contribution in [2.75, 3.05) is 5.32 Å². The van der Waals surface area contributed by atoms with Crippen LogP contribution >= 0.6 is 11.3 Å². The third-order valence-corrected chi connectivity index (χ3v) is 6.36. The van der Waals surface area contributed by atoms with Crippen molar-refractivity contribution in [1.82, 2.24) is 15.1 Å². The molecule has 3 N–H and O–H groups in total. The van der Waals surface area contributed by atoms with E-state index >= 15 is 0 Å². The van der Waals surface area contributed by atoms with E-state index in [9.17, 15) is 14.7 Å². The van der Waals surface area contributed by atoms with Crippen molar-refractivity contribution < 1.29 is 14.7 Å². The topological polar surface area (TPSA) is 96.2 Å². The molecule has 2 aromatic heterocycles. The molecule has 2 amide bonds. The zero-order valence-electron chi connectivity index (χ0n) is 17.7. The van der Waals surface area contributed by atoms with E-state index in [1.165, 1.54) is 22.1 Å². The molecule has 1 fully saturated rings. The lowest BCUT2D eigenvalue weighted by Crippen LogP contribution is -2.30. The molecule has 7 nitrogen and oxygen atoms in total. The summed E-state index contributed by atoms with van der Waals surface area (Å²) in [6.07, 6.45) is 2.00. The van der Waals surface area contributed by atoms with Crippen LogP contribution in [0.1, 0.15) is 39.7 Å². The number of aromatic nitrogens is 2. The SMILES string of the molecule is O=C(Nc1ccc(O)c(-c2cc(C3CC3)n(C(=O)NCc3ccccc3)n2)c1)c1cccs1. The highest BCUT2D eigenvalue weighted by molar-refractivity contribution is 7.12.